The first-order chi connectivity index (χ1) is 8.42. The molecular formula is C15H23ClFN. The number of hydrogen-bond acceptors (Lipinski definition) is 1. The molecule has 0 fully saturated rings. The fraction of sp³-hybridized carbons (Fsp3) is 0.600. The van der Waals surface area contributed by atoms with E-state index in [2.05, 4.69) is 33.0 Å². The highest BCUT2D eigenvalue weighted by Crippen LogP contribution is 2.30. The lowest BCUT2D eigenvalue weighted by Gasteiger charge is -2.34. The normalized spacial score (nSPS) is 13.7. The van der Waals surface area contributed by atoms with Crippen LogP contribution in [-0.4, -0.2) is 12.6 Å². The maximum Gasteiger partial charge on any atom is 0.142 e. The summed E-state index contributed by atoms with van der Waals surface area (Å²) in [7, 11) is 0. The predicted molar refractivity (Wildman–Crippen MR) is 76.7 cm³/mol. The van der Waals surface area contributed by atoms with Crippen molar-refractivity contribution in [2.75, 3.05) is 6.54 Å². The second-order valence-corrected chi connectivity index (χ2v) is 5.75. The van der Waals surface area contributed by atoms with Gasteiger partial charge in [0.25, 0.3) is 0 Å². The minimum absolute atomic E-state index is 0.158. The van der Waals surface area contributed by atoms with Crippen molar-refractivity contribution in [2.45, 2.75) is 46.6 Å². The lowest BCUT2D eigenvalue weighted by atomic mass is 9.79. The summed E-state index contributed by atoms with van der Waals surface area (Å²) in [4.78, 5) is 0. The van der Waals surface area contributed by atoms with Gasteiger partial charge >= 0.3 is 0 Å². The maximum absolute atomic E-state index is 13.4. The molecule has 0 aliphatic heterocycles. The molecule has 1 unspecified atom stereocenters. The van der Waals surface area contributed by atoms with E-state index in [0.717, 1.165) is 24.9 Å². The summed E-state index contributed by atoms with van der Waals surface area (Å²) < 4.78 is 13.4. The Kier molecular flexibility index (Phi) is 5.61. The van der Waals surface area contributed by atoms with Gasteiger partial charge in [0.2, 0.25) is 0 Å². The molecule has 0 spiro atoms. The van der Waals surface area contributed by atoms with Crippen LogP contribution in [0.4, 0.5) is 4.39 Å². The molecule has 18 heavy (non-hydrogen) atoms. The highest BCUT2D eigenvalue weighted by molar-refractivity contribution is 6.31. The van der Waals surface area contributed by atoms with Crippen LogP contribution in [0.15, 0.2) is 18.2 Å². The molecule has 1 aromatic rings. The van der Waals surface area contributed by atoms with Gasteiger partial charge in [-0.25, -0.2) is 4.39 Å². The zero-order chi connectivity index (χ0) is 13.8. The molecule has 0 bridgehead atoms. The molecule has 1 aromatic carbocycles. The smallest absolute Gasteiger partial charge is 0.142 e. The first kappa shape index (κ1) is 15.5. The second kappa shape index (κ2) is 6.53. The first-order valence-electron chi connectivity index (χ1n) is 6.58. The topological polar surface area (TPSA) is 12.0 Å². The molecule has 1 atom stereocenters. The van der Waals surface area contributed by atoms with Gasteiger partial charge in [-0.2, -0.15) is 0 Å². The standard InChI is InChI=1S/C15H23ClFN/c1-5-15(3,4)13(18-6-2)10-11-8-7-9-12(17)14(11)16/h7-9,13,18H,5-6,10H2,1-4H3. The van der Waals surface area contributed by atoms with Gasteiger partial charge in [-0.15, -0.1) is 0 Å². The van der Waals surface area contributed by atoms with E-state index in [1.807, 2.05) is 6.07 Å². The minimum Gasteiger partial charge on any atom is -0.313 e. The fourth-order valence-corrected chi connectivity index (χ4v) is 2.25. The third-order valence-corrected chi connectivity index (χ3v) is 4.18. The minimum atomic E-state index is -0.335. The van der Waals surface area contributed by atoms with E-state index >= 15 is 0 Å². The van der Waals surface area contributed by atoms with E-state index in [9.17, 15) is 4.39 Å². The van der Waals surface area contributed by atoms with E-state index in [1.54, 1.807) is 6.07 Å². The van der Waals surface area contributed by atoms with Crippen LogP contribution in [0, 0.1) is 11.2 Å². The number of hydrogen-bond donors (Lipinski definition) is 1. The summed E-state index contributed by atoms with van der Waals surface area (Å²) in [6, 6.07) is 5.32. The van der Waals surface area contributed by atoms with Gasteiger partial charge in [0.05, 0.1) is 5.02 Å². The Hall–Kier alpha value is -0.600. The Labute approximate surface area is 115 Å². The van der Waals surface area contributed by atoms with Gasteiger partial charge in [0.1, 0.15) is 5.82 Å². The van der Waals surface area contributed by atoms with Gasteiger partial charge in [-0.1, -0.05) is 51.4 Å². The summed E-state index contributed by atoms with van der Waals surface area (Å²) in [5, 5.41) is 3.74. The van der Waals surface area contributed by atoms with Crippen LogP contribution in [-0.2, 0) is 6.42 Å². The summed E-state index contributed by atoms with van der Waals surface area (Å²) >= 11 is 6.03. The van der Waals surface area contributed by atoms with Gasteiger partial charge in [0, 0.05) is 6.04 Å². The van der Waals surface area contributed by atoms with Crippen LogP contribution in [0.25, 0.3) is 0 Å². The van der Waals surface area contributed by atoms with E-state index < -0.39 is 0 Å². The average Bonchev–Trinajstić information content (AvgIpc) is 2.34. The van der Waals surface area contributed by atoms with E-state index in [-0.39, 0.29) is 16.3 Å². The van der Waals surface area contributed by atoms with Crippen LogP contribution in [0.1, 0.15) is 39.7 Å². The number of likely N-dealkylation sites (N-methyl/N-ethyl adjacent to an activating group) is 1. The van der Waals surface area contributed by atoms with Crippen molar-refractivity contribution in [3.8, 4) is 0 Å². The number of benzene rings is 1. The fourth-order valence-electron chi connectivity index (χ4n) is 2.04. The molecule has 0 heterocycles. The molecule has 1 rings (SSSR count). The Balaban J connectivity index is 2.93. The zero-order valence-electron chi connectivity index (χ0n) is 11.7. The third-order valence-electron chi connectivity index (χ3n) is 3.76. The maximum atomic E-state index is 13.4. The van der Waals surface area contributed by atoms with E-state index in [4.69, 9.17) is 11.6 Å². The Morgan fingerprint density at radius 1 is 1.33 bits per heavy atom. The number of halogens is 2. The average molecular weight is 272 g/mol. The van der Waals surface area contributed by atoms with Crippen molar-refractivity contribution in [3.05, 3.63) is 34.6 Å². The molecule has 3 heteroatoms. The number of rotatable bonds is 6. The van der Waals surface area contributed by atoms with E-state index in [1.165, 1.54) is 6.07 Å². The van der Waals surface area contributed by atoms with Crippen molar-refractivity contribution in [1.82, 2.24) is 5.32 Å². The summed E-state index contributed by atoms with van der Waals surface area (Å²) in [6.07, 6.45) is 1.82. The molecule has 1 nitrogen and oxygen atoms in total. The van der Waals surface area contributed by atoms with Gasteiger partial charge in [-0.3, -0.25) is 0 Å². The SMILES string of the molecule is CCNC(Cc1cccc(F)c1Cl)C(C)(C)CC. The Morgan fingerprint density at radius 2 is 2.00 bits per heavy atom. The molecular weight excluding hydrogens is 249 g/mol. The highest BCUT2D eigenvalue weighted by atomic mass is 35.5. The highest BCUT2D eigenvalue weighted by Gasteiger charge is 2.27. The quantitative estimate of drug-likeness (QED) is 0.807. The molecule has 0 aliphatic rings. The van der Waals surface area contributed by atoms with Gasteiger partial charge < -0.3 is 5.32 Å². The molecule has 0 saturated heterocycles. The van der Waals surface area contributed by atoms with Crippen molar-refractivity contribution >= 4 is 11.6 Å². The van der Waals surface area contributed by atoms with Crippen LogP contribution in [0.2, 0.25) is 5.02 Å². The van der Waals surface area contributed by atoms with E-state index in [0.29, 0.717) is 6.04 Å². The van der Waals surface area contributed by atoms with Crippen LogP contribution in [0.5, 0.6) is 0 Å². The molecule has 0 aliphatic carbocycles. The molecule has 0 aromatic heterocycles. The molecule has 0 radical (unpaired) electrons. The Bertz CT molecular complexity index is 390. The van der Waals surface area contributed by atoms with Gasteiger partial charge in [-0.05, 0) is 36.4 Å². The van der Waals surface area contributed by atoms with Crippen molar-refractivity contribution < 1.29 is 4.39 Å². The third kappa shape index (κ3) is 3.69. The lowest BCUT2D eigenvalue weighted by Crippen LogP contribution is -2.43. The zero-order valence-corrected chi connectivity index (χ0v) is 12.4. The Morgan fingerprint density at radius 3 is 2.56 bits per heavy atom. The van der Waals surface area contributed by atoms with Crippen molar-refractivity contribution in [2.24, 2.45) is 5.41 Å². The summed E-state index contributed by atoms with van der Waals surface area (Å²) in [6.45, 7) is 9.63. The van der Waals surface area contributed by atoms with Crippen LogP contribution >= 0.6 is 11.6 Å². The van der Waals surface area contributed by atoms with Gasteiger partial charge in [0.15, 0.2) is 0 Å². The second-order valence-electron chi connectivity index (χ2n) is 5.37. The van der Waals surface area contributed by atoms with Crippen LogP contribution < -0.4 is 5.32 Å². The van der Waals surface area contributed by atoms with Crippen molar-refractivity contribution in [3.63, 3.8) is 0 Å². The molecule has 0 saturated carbocycles. The largest absolute Gasteiger partial charge is 0.313 e. The van der Waals surface area contributed by atoms with Crippen molar-refractivity contribution in [1.29, 1.82) is 0 Å². The predicted octanol–water partition coefficient (Wildman–Crippen LogP) is 4.44. The number of nitrogens with one attached hydrogen (secondary N) is 1. The monoisotopic (exact) mass is 271 g/mol. The lowest BCUT2D eigenvalue weighted by molar-refractivity contribution is 0.232. The molecule has 102 valence electrons. The first-order valence-corrected chi connectivity index (χ1v) is 6.96. The molecule has 1 N–H and O–H groups in total. The summed E-state index contributed by atoms with van der Waals surface area (Å²) in [5.74, 6) is -0.335. The molecule has 0 amide bonds. The van der Waals surface area contributed by atoms with Crippen LogP contribution in [0.3, 0.4) is 0 Å². The summed E-state index contributed by atoms with van der Waals surface area (Å²) in [5.41, 5.74) is 1.04.